The molecule has 2 fully saturated rings. The fourth-order valence-electron chi connectivity index (χ4n) is 2.91. The molecule has 3 nitrogen and oxygen atoms in total. The maximum absolute atomic E-state index is 12.9. The smallest absolute Gasteiger partial charge is 0.226 e. The third-order valence-electron chi connectivity index (χ3n) is 4.09. The van der Waals surface area contributed by atoms with Gasteiger partial charge in [-0.05, 0) is 37.0 Å². The Bertz CT molecular complexity index is 479. The lowest BCUT2D eigenvalue weighted by Crippen LogP contribution is -2.51. The highest BCUT2D eigenvalue weighted by atomic mass is 35.5. The zero-order valence-corrected chi connectivity index (χ0v) is 12.3. The molecule has 3 rings (SSSR count). The predicted molar refractivity (Wildman–Crippen MR) is 78.5 cm³/mol. The van der Waals surface area contributed by atoms with Gasteiger partial charge in [0.05, 0.1) is 0 Å². The van der Waals surface area contributed by atoms with Crippen molar-refractivity contribution >= 4 is 18.3 Å². The van der Waals surface area contributed by atoms with Gasteiger partial charge in [-0.3, -0.25) is 4.79 Å². The molecular formula is C15H20ClFN2O. The van der Waals surface area contributed by atoms with Crippen LogP contribution in [-0.4, -0.2) is 36.5 Å². The van der Waals surface area contributed by atoms with E-state index in [0.717, 1.165) is 31.6 Å². The summed E-state index contributed by atoms with van der Waals surface area (Å²) in [7, 11) is 0. The number of carbonyl (C=O) groups excluding carboxylic acids is 1. The Balaban J connectivity index is 0.00000147. The largest absolute Gasteiger partial charge is 0.340 e. The fraction of sp³-hybridized carbons (Fsp3) is 0.533. The van der Waals surface area contributed by atoms with Gasteiger partial charge in [-0.15, -0.1) is 12.4 Å². The van der Waals surface area contributed by atoms with E-state index in [1.807, 2.05) is 4.90 Å². The van der Waals surface area contributed by atoms with E-state index in [2.05, 4.69) is 12.2 Å². The lowest BCUT2D eigenvalue weighted by atomic mass is 10.1. The van der Waals surface area contributed by atoms with E-state index in [1.165, 1.54) is 12.1 Å². The third-order valence-corrected chi connectivity index (χ3v) is 4.09. The second-order valence-corrected chi connectivity index (χ2v) is 5.64. The van der Waals surface area contributed by atoms with Crippen molar-refractivity contribution in [3.63, 3.8) is 0 Å². The minimum atomic E-state index is -0.219. The number of nitrogens with one attached hydrogen (secondary N) is 1. The number of rotatable bonds is 2. The Labute approximate surface area is 124 Å². The van der Waals surface area contributed by atoms with Crippen LogP contribution in [0.5, 0.6) is 0 Å². The highest BCUT2D eigenvalue weighted by Gasteiger charge is 2.46. The Kier molecular flexibility index (Phi) is 4.66. The highest BCUT2D eigenvalue weighted by molar-refractivity contribution is 5.85. The number of nitrogens with zero attached hydrogens (tertiary/aromatic N) is 1. The van der Waals surface area contributed by atoms with Gasteiger partial charge in [-0.2, -0.15) is 0 Å². The fourth-order valence-corrected chi connectivity index (χ4v) is 2.91. The molecule has 0 radical (unpaired) electrons. The molecule has 1 aromatic carbocycles. The van der Waals surface area contributed by atoms with Crippen molar-refractivity contribution in [2.75, 3.05) is 19.6 Å². The van der Waals surface area contributed by atoms with E-state index in [9.17, 15) is 9.18 Å². The molecule has 1 aliphatic heterocycles. The van der Waals surface area contributed by atoms with Gasteiger partial charge >= 0.3 is 0 Å². The van der Waals surface area contributed by atoms with E-state index in [4.69, 9.17) is 0 Å². The van der Waals surface area contributed by atoms with Crippen LogP contribution in [0.15, 0.2) is 24.3 Å². The van der Waals surface area contributed by atoms with Gasteiger partial charge in [0.1, 0.15) is 5.82 Å². The first-order valence-corrected chi connectivity index (χ1v) is 6.93. The molecule has 1 heterocycles. The van der Waals surface area contributed by atoms with Gasteiger partial charge < -0.3 is 10.2 Å². The number of benzene rings is 1. The molecule has 0 aromatic heterocycles. The third kappa shape index (κ3) is 3.13. The molecule has 20 heavy (non-hydrogen) atoms. The van der Waals surface area contributed by atoms with Crippen LogP contribution in [0.4, 0.5) is 4.39 Å². The summed E-state index contributed by atoms with van der Waals surface area (Å²) in [6.07, 6.45) is 0.906. The van der Waals surface area contributed by atoms with E-state index in [0.29, 0.717) is 12.0 Å². The molecule has 1 saturated heterocycles. The van der Waals surface area contributed by atoms with Crippen molar-refractivity contribution in [1.82, 2.24) is 10.2 Å². The molecule has 5 heteroatoms. The molecule has 1 aromatic rings. The molecule has 0 bridgehead atoms. The van der Waals surface area contributed by atoms with Crippen LogP contribution >= 0.6 is 12.4 Å². The van der Waals surface area contributed by atoms with Crippen molar-refractivity contribution < 1.29 is 9.18 Å². The summed E-state index contributed by atoms with van der Waals surface area (Å²) >= 11 is 0. The first kappa shape index (κ1) is 15.3. The Morgan fingerprint density at radius 3 is 2.70 bits per heavy atom. The average molecular weight is 299 g/mol. The van der Waals surface area contributed by atoms with Gasteiger partial charge in [0.25, 0.3) is 0 Å². The molecule has 0 spiro atoms. The summed E-state index contributed by atoms with van der Waals surface area (Å²) in [5.41, 5.74) is 1.09. The molecule has 1 N–H and O–H groups in total. The van der Waals surface area contributed by atoms with Crippen molar-refractivity contribution in [2.45, 2.75) is 25.3 Å². The minimum Gasteiger partial charge on any atom is -0.340 e. The zero-order chi connectivity index (χ0) is 13.4. The molecule has 1 amide bonds. The molecule has 3 unspecified atom stereocenters. The molecule has 2 aliphatic rings. The number of halogens is 2. The number of hydrogen-bond donors (Lipinski definition) is 1. The molecule has 1 aliphatic carbocycles. The molecule has 110 valence electrons. The van der Waals surface area contributed by atoms with Gasteiger partial charge in [0.15, 0.2) is 0 Å². The van der Waals surface area contributed by atoms with Gasteiger partial charge in [0, 0.05) is 31.6 Å². The summed E-state index contributed by atoms with van der Waals surface area (Å²) in [5, 5.41) is 3.34. The molecule has 1 saturated carbocycles. The molecule has 3 atom stereocenters. The van der Waals surface area contributed by atoms with Crippen LogP contribution in [0.3, 0.4) is 0 Å². The van der Waals surface area contributed by atoms with E-state index in [1.54, 1.807) is 12.1 Å². The standard InChI is InChI=1S/C15H19FN2O.ClH/c1-10-9-18(7-6-17-10)15(19)14-8-13(14)11-2-4-12(16)5-3-11;/h2-5,10,13-14,17H,6-9H2,1H3;1H. The van der Waals surface area contributed by atoms with Crippen molar-refractivity contribution in [3.8, 4) is 0 Å². The van der Waals surface area contributed by atoms with Crippen LogP contribution < -0.4 is 5.32 Å². The van der Waals surface area contributed by atoms with Crippen molar-refractivity contribution in [2.24, 2.45) is 5.92 Å². The highest BCUT2D eigenvalue weighted by Crippen LogP contribution is 2.48. The maximum Gasteiger partial charge on any atom is 0.226 e. The lowest BCUT2D eigenvalue weighted by Gasteiger charge is -2.32. The Morgan fingerprint density at radius 2 is 2.05 bits per heavy atom. The normalized spacial score (nSPS) is 28.7. The van der Waals surface area contributed by atoms with Crippen LogP contribution in [0.2, 0.25) is 0 Å². The minimum absolute atomic E-state index is 0. The molecular weight excluding hydrogens is 279 g/mol. The Hall–Kier alpha value is -1.13. The first-order valence-electron chi connectivity index (χ1n) is 6.93. The summed E-state index contributed by atoms with van der Waals surface area (Å²) in [5.74, 6) is 0.444. The number of hydrogen-bond acceptors (Lipinski definition) is 2. The van der Waals surface area contributed by atoms with Crippen LogP contribution in [0.25, 0.3) is 0 Å². The van der Waals surface area contributed by atoms with Crippen LogP contribution in [0.1, 0.15) is 24.8 Å². The predicted octanol–water partition coefficient (Wildman–Crippen LogP) is 2.17. The van der Waals surface area contributed by atoms with Crippen molar-refractivity contribution in [3.05, 3.63) is 35.6 Å². The number of piperazine rings is 1. The summed E-state index contributed by atoms with van der Waals surface area (Å²) in [4.78, 5) is 14.3. The maximum atomic E-state index is 12.9. The average Bonchev–Trinajstić information content (AvgIpc) is 3.19. The van der Waals surface area contributed by atoms with E-state index >= 15 is 0 Å². The first-order chi connectivity index (χ1) is 9.15. The van der Waals surface area contributed by atoms with E-state index < -0.39 is 0 Å². The summed E-state index contributed by atoms with van der Waals surface area (Å²) in [6.45, 7) is 4.58. The summed E-state index contributed by atoms with van der Waals surface area (Å²) in [6, 6.07) is 6.92. The zero-order valence-electron chi connectivity index (χ0n) is 11.5. The van der Waals surface area contributed by atoms with Gasteiger partial charge in [-0.1, -0.05) is 12.1 Å². The second-order valence-electron chi connectivity index (χ2n) is 5.64. The monoisotopic (exact) mass is 298 g/mol. The topological polar surface area (TPSA) is 32.3 Å². The van der Waals surface area contributed by atoms with Gasteiger partial charge in [-0.25, -0.2) is 4.39 Å². The quantitative estimate of drug-likeness (QED) is 0.907. The van der Waals surface area contributed by atoms with Gasteiger partial charge in [0.2, 0.25) is 5.91 Å². The van der Waals surface area contributed by atoms with Crippen molar-refractivity contribution in [1.29, 1.82) is 0 Å². The number of amides is 1. The lowest BCUT2D eigenvalue weighted by molar-refractivity contribution is -0.133. The summed E-state index contributed by atoms with van der Waals surface area (Å²) < 4.78 is 12.9. The van der Waals surface area contributed by atoms with E-state index in [-0.39, 0.29) is 30.0 Å². The Morgan fingerprint density at radius 1 is 1.35 bits per heavy atom. The second kappa shape index (κ2) is 6.10. The van der Waals surface area contributed by atoms with Crippen LogP contribution in [0, 0.1) is 11.7 Å². The van der Waals surface area contributed by atoms with Crippen LogP contribution in [-0.2, 0) is 4.79 Å². The SMILES string of the molecule is CC1CN(C(=O)C2CC2c2ccc(F)cc2)CCN1.Cl. The number of carbonyl (C=O) groups is 1.